The van der Waals surface area contributed by atoms with Crippen molar-refractivity contribution in [2.45, 2.75) is 12.3 Å². The molecule has 2 N–H and O–H groups in total. The van der Waals surface area contributed by atoms with Crippen molar-refractivity contribution >= 4 is 0 Å². The number of hydrogen-bond donors (Lipinski definition) is 2. The summed E-state index contributed by atoms with van der Waals surface area (Å²) in [6.07, 6.45) is 0.689. The van der Waals surface area contributed by atoms with Crippen LogP contribution in [-0.4, -0.2) is 16.8 Å². The summed E-state index contributed by atoms with van der Waals surface area (Å²) < 4.78 is 18.4. The van der Waals surface area contributed by atoms with Crippen LogP contribution in [0.4, 0.5) is 4.39 Å². The molecule has 0 spiro atoms. The highest BCUT2D eigenvalue weighted by Gasteiger charge is 2.24. The van der Waals surface area contributed by atoms with Gasteiger partial charge in [0, 0.05) is 5.92 Å². The third kappa shape index (κ3) is 2.10. The number of phenols is 2. The Balaban J connectivity index is 1.90. The maximum Gasteiger partial charge on any atom is 0.200 e. The van der Waals surface area contributed by atoms with Gasteiger partial charge in [0.15, 0.2) is 11.5 Å². The first-order chi connectivity index (χ1) is 9.15. The van der Waals surface area contributed by atoms with Gasteiger partial charge in [0.1, 0.15) is 5.82 Å². The topological polar surface area (TPSA) is 49.7 Å². The first-order valence-corrected chi connectivity index (χ1v) is 6.07. The molecule has 2 aromatic carbocycles. The Kier molecular flexibility index (Phi) is 2.78. The second-order valence-electron chi connectivity index (χ2n) is 4.69. The minimum absolute atomic E-state index is 0.122. The van der Waals surface area contributed by atoms with Gasteiger partial charge in [0.25, 0.3) is 0 Å². The van der Waals surface area contributed by atoms with Crippen molar-refractivity contribution in [3.8, 4) is 17.2 Å². The summed E-state index contributed by atoms with van der Waals surface area (Å²) in [7, 11) is 0. The van der Waals surface area contributed by atoms with Crippen molar-refractivity contribution in [2.75, 3.05) is 6.61 Å². The molecule has 0 bridgehead atoms. The van der Waals surface area contributed by atoms with E-state index in [2.05, 4.69) is 0 Å². The van der Waals surface area contributed by atoms with E-state index >= 15 is 0 Å². The number of halogens is 1. The monoisotopic (exact) mass is 260 g/mol. The zero-order valence-electron chi connectivity index (χ0n) is 10.1. The molecule has 1 heterocycles. The van der Waals surface area contributed by atoms with E-state index in [1.165, 1.54) is 18.2 Å². The molecule has 0 aromatic heterocycles. The predicted molar refractivity (Wildman–Crippen MR) is 68.1 cm³/mol. The van der Waals surface area contributed by atoms with E-state index in [1.807, 2.05) is 0 Å². The number of fused-ring (bicyclic) bond motifs is 1. The smallest absolute Gasteiger partial charge is 0.200 e. The van der Waals surface area contributed by atoms with Gasteiger partial charge in [-0.25, -0.2) is 4.39 Å². The Bertz CT molecular complexity index is 608. The molecule has 4 heteroatoms. The normalized spacial score (nSPS) is 17.6. The van der Waals surface area contributed by atoms with E-state index in [0.29, 0.717) is 18.8 Å². The van der Waals surface area contributed by atoms with Crippen LogP contribution in [0.2, 0.25) is 0 Å². The molecule has 0 fully saturated rings. The van der Waals surface area contributed by atoms with Gasteiger partial charge in [-0.3, -0.25) is 0 Å². The third-order valence-electron chi connectivity index (χ3n) is 3.43. The van der Waals surface area contributed by atoms with Crippen molar-refractivity contribution in [1.82, 2.24) is 0 Å². The van der Waals surface area contributed by atoms with Gasteiger partial charge in [-0.15, -0.1) is 0 Å². The number of benzene rings is 2. The lowest BCUT2D eigenvalue weighted by atomic mass is 9.90. The zero-order chi connectivity index (χ0) is 13.4. The molecule has 3 rings (SSSR count). The van der Waals surface area contributed by atoms with E-state index in [9.17, 15) is 14.6 Å². The zero-order valence-corrected chi connectivity index (χ0v) is 10.1. The summed E-state index contributed by atoms with van der Waals surface area (Å²) in [6, 6.07) is 9.53. The van der Waals surface area contributed by atoms with E-state index in [4.69, 9.17) is 4.74 Å². The second kappa shape index (κ2) is 4.46. The molecule has 0 radical (unpaired) electrons. The molecule has 1 atom stereocenters. The quantitative estimate of drug-likeness (QED) is 0.775. The summed E-state index contributed by atoms with van der Waals surface area (Å²) in [6.45, 7) is 0.398. The molecule has 1 aliphatic rings. The number of hydrogen-bond acceptors (Lipinski definition) is 3. The second-order valence-corrected chi connectivity index (χ2v) is 4.69. The van der Waals surface area contributed by atoms with Crippen LogP contribution in [-0.2, 0) is 6.42 Å². The minimum Gasteiger partial charge on any atom is -0.504 e. The highest BCUT2D eigenvalue weighted by Crippen LogP contribution is 2.43. The lowest BCUT2D eigenvalue weighted by Crippen LogP contribution is -2.19. The molecule has 0 saturated heterocycles. The lowest BCUT2D eigenvalue weighted by molar-refractivity contribution is 0.246. The molecule has 0 amide bonds. The number of rotatable bonds is 1. The molecule has 3 nitrogen and oxygen atoms in total. The fraction of sp³-hybridized carbons (Fsp3) is 0.200. The predicted octanol–water partition coefficient (Wildman–Crippen LogP) is 2.96. The maximum atomic E-state index is 12.9. The van der Waals surface area contributed by atoms with Crippen LogP contribution in [0.1, 0.15) is 17.0 Å². The largest absolute Gasteiger partial charge is 0.504 e. The van der Waals surface area contributed by atoms with Gasteiger partial charge in [-0.1, -0.05) is 18.2 Å². The van der Waals surface area contributed by atoms with Crippen LogP contribution in [0.3, 0.4) is 0 Å². The van der Waals surface area contributed by atoms with Crippen LogP contribution in [0.25, 0.3) is 0 Å². The van der Waals surface area contributed by atoms with Gasteiger partial charge < -0.3 is 14.9 Å². The average Bonchev–Trinajstić information content (AvgIpc) is 2.43. The molecule has 0 aliphatic carbocycles. The molecular weight excluding hydrogens is 247 g/mol. The third-order valence-corrected chi connectivity index (χ3v) is 3.43. The Morgan fingerprint density at radius 2 is 1.79 bits per heavy atom. The standard InChI is InChI=1S/C15H13FO3/c16-12-4-1-9(2-5-12)11-7-10-3-6-13(17)14(18)15(10)19-8-11/h1-6,11,17-18H,7-8H2. The van der Waals surface area contributed by atoms with E-state index in [-0.39, 0.29) is 23.2 Å². The Morgan fingerprint density at radius 3 is 2.53 bits per heavy atom. The molecule has 1 unspecified atom stereocenters. The Hall–Kier alpha value is -2.23. The van der Waals surface area contributed by atoms with Crippen LogP contribution >= 0.6 is 0 Å². The van der Waals surface area contributed by atoms with Crippen molar-refractivity contribution in [3.63, 3.8) is 0 Å². The summed E-state index contributed by atoms with van der Waals surface area (Å²) in [4.78, 5) is 0. The van der Waals surface area contributed by atoms with Crippen LogP contribution in [0, 0.1) is 5.82 Å². The first kappa shape index (κ1) is 11.8. The van der Waals surface area contributed by atoms with Crippen LogP contribution in [0.5, 0.6) is 17.2 Å². The molecule has 19 heavy (non-hydrogen) atoms. The highest BCUT2D eigenvalue weighted by atomic mass is 19.1. The molecular formula is C15H13FO3. The van der Waals surface area contributed by atoms with E-state index in [0.717, 1.165) is 11.1 Å². The summed E-state index contributed by atoms with van der Waals surface area (Å²) in [5.74, 6) is -0.187. The summed E-state index contributed by atoms with van der Waals surface area (Å²) in [5, 5.41) is 19.1. The SMILES string of the molecule is Oc1ccc2c(c1O)OCC(c1ccc(F)cc1)C2. The van der Waals surface area contributed by atoms with Gasteiger partial charge in [0.05, 0.1) is 6.61 Å². The molecule has 2 aromatic rings. The summed E-state index contributed by atoms with van der Waals surface area (Å²) >= 11 is 0. The van der Waals surface area contributed by atoms with E-state index in [1.54, 1.807) is 18.2 Å². The number of aromatic hydroxyl groups is 2. The molecule has 1 aliphatic heterocycles. The number of ether oxygens (including phenoxy) is 1. The average molecular weight is 260 g/mol. The van der Waals surface area contributed by atoms with Gasteiger partial charge in [-0.2, -0.15) is 0 Å². The van der Waals surface area contributed by atoms with E-state index < -0.39 is 0 Å². The fourth-order valence-corrected chi connectivity index (χ4v) is 2.38. The molecule has 0 saturated carbocycles. The van der Waals surface area contributed by atoms with Crippen LogP contribution < -0.4 is 4.74 Å². The first-order valence-electron chi connectivity index (χ1n) is 6.07. The van der Waals surface area contributed by atoms with Crippen molar-refractivity contribution < 1.29 is 19.3 Å². The van der Waals surface area contributed by atoms with Crippen molar-refractivity contribution in [3.05, 3.63) is 53.3 Å². The van der Waals surface area contributed by atoms with Crippen molar-refractivity contribution in [1.29, 1.82) is 0 Å². The molecule has 98 valence electrons. The Morgan fingerprint density at radius 1 is 1.05 bits per heavy atom. The lowest BCUT2D eigenvalue weighted by Gasteiger charge is -2.26. The Labute approximate surface area is 109 Å². The van der Waals surface area contributed by atoms with Crippen molar-refractivity contribution in [2.24, 2.45) is 0 Å². The van der Waals surface area contributed by atoms with Gasteiger partial charge >= 0.3 is 0 Å². The minimum atomic E-state index is -0.261. The highest BCUT2D eigenvalue weighted by molar-refractivity contribution is 5.55. The van der Waals surface area contributed by atoms with Gasteiger partial charge in [-0.05, 0) is 35.7 Å². The maximum absolute atomic E-state index is 12.9. The van der Waals surface area contributed by atoms with Gasteiger partial charge in [0.2, 0.25) is 5.75 Å². The van der Waals surface area contributed by atoms with Crippen LogP contribution in [0.15, 0.2) is 36.4 Å². The number of phenolic OH excluding ortho intramolecular Hbond substituents is 2. The fourth-order valence-electron chi connectivity index (χ4n) is 2.38. The summed E-state index contributed by atoms with van der Waals surface area (Å²) in [5.41, 5.74) is 1.84.